The van der Waals surface area contributed by atoms with Crippen LogP contribution < -0.4 is 0 Å². The summed E-state index contributed by atoms with van der Waals surface area (Å²) in [6, 6.07) is 13.5. The molecule has 0 amide bonds. The van der Waals surface area contributed by atoms with Gasteiger partial charge in [-0.2, -0.15) is 18.3 Å². The number of alkyl halides is 3. The van der Waals surface area contributed by atoms with Crippen molar-refractivity contribution in [3.8, 4) is 11.3 Å². The number of halogens is 4. The third-order valence-electron chi connectivity index (χ3n) is 3.96. The summed E-state index contributed by atoms with van der Waals surface area (Å²) in [5.74, 6) is 0. The number of nitrogens with one attached hydrogen (secondary N) is 1. The quantitative estimate of drug-likeness (QED) is 0.584. The number of rotatable bonds is 6. The molecule has 0 aliphatic carbocycles. The lowest BCUT2D eigenvalue weighted by atomic mass is 10.0. The fourth-order valence-electron chi connectivity index (χ4n) is 2.69. The smallest absolute Gasteiger partial charge is 0.416 e. The van der Waals surface area contributed by atoms with Crippen molar-refractivity contribution in [2.75, 3.05) is 0 Å². The molecule has 0 spiro atoms. The Balaban J connectivity index is 1.84. The molecular weight excluding hydrogens is 381 g/mol. The van der Waals surface area contributed by atoms with Crippen molar-refractivity contribution >= 4 is 18.1 Å². The number of hydrogen-bond acceptors (Lipinski definition) is 3. The molecule has 3 aromatic rings. The first-order valence-corrected chi connectivity index (χ1v) is 8.31. The third kappa shape index (κ3) is 4.68. The molecule has 8 heteroatoms. The van der Waals surface area contributed by atoms with Crippen LogP contribution in [0.5, 0.6) is 0 Å². The van der Waals surface area contributed by atoms with Gasteiger partial charge >= 0.3 is 6.18 Å². The molecule has 1 atom stereocenters. The highest BCUT2D eigenvalue weighted by atomic mass is 35.5. The van der Waals surface area contributed by atoms with Crippen molar-refractivity contribution in [3.05, 3.63) is 76.4 Å². The summed E-state index contributed by atoms with van der Waals surface area (Å²) in [5, 5.41) is 7.56. The molecular formula is C19H14ClF3N2O2. The lowest BCUT2D eigenvalue weighted by Crippen LogP contribution is -2.10. The number of aromatic amines is 1. The first-order valence-electron chi connectivity index (χ1n) is 7.93. The van der Waals surface area contributed by atoms with Crippen LogP contribution in [0.1, 0.15) is 22.9 Å². The van der Waals surface area contributed by atoms with Gasteiger partial charge in [-0.25, -0.2) is 0 Å². The second-order valence-corrected chi connectivity index (χ2v) is 6.27. The third-order valence-corrected chi connectivity index (χ3v) is 4.20. The van der Waals surface area contributed by atoms with Gasteiger partial charge in [0.25, 0.3) is 6.47 Å². The molecule has 1 heterocycles. The zero-order valence-corrected chi connectivity index (χ0v) is 14.6. The molecule has 0 aliphatic heterocycles. The zero-order chi connectivity index (χ0) is 19.4. The van der Waals surface area contributed by atoms with Crippen LogP contribution in [0.15, 0.2) is 54.6 Å². The van der Waals surface area contributed by atoms with E-state index in [-0.39, 0.29) is 18.5 Å². The van der Waals surface area contributed by atoms with Crippen LogP contribution in [0, 0.1) is 0 Å². The van der Waals surface area contributed by atoms with Gasteiger partial charge in [-0.15, -0.1) is 0 Å². The molecule has 0 saturated heterocycles. The van der Waals surface area contributed by atoms with Gasteiger partial charge in [0, 0.05) is 22.7 Å². The number of carbonyl (C=O) groups excluding carboxylic acids is 1. The SMILES string of the molecule is O=COC(Cc1cc(-c2cccc(Cl)c2)n[nH]1)c1cccc(C(F)(F)F)c1. The minimum atomic E-state index is -4.48. The van der Waals surface area contributed by atoms with Crippen LogP contribution in [0.4, 0.5) is 13.2 Å². The van der Waals surface area contributed by atoms with Crippen LogP contribution in [0.3, 0.4) is 0 Å². The Kier molecular flexibility index (Phi) is 5.51. The van der Waals surface area contributed by atoms with E-state index < -0.39 is 17.8 Å². The van der Waals surface area contributed by atoms with E-state index in [0.717, 1.165) is 17.7 Å². The van der Waals surface area contributed by atoms with Gasteiger partial charge in [0.15, 0.2) is 0 Å². The van der Waals surface area contributed by atoms with E-state index in [9.17, 15) is 18.0 Å². The summed E-state index contributed by atoms with van der Waals surface area (Å²) >= 11 is 5.97. The summed E-state index contributed by atoms with van der Waals surface area (Å²) in [5.41, 5.74) is 1.46. The first-order chi connectivity index (χ1) is 12.9. The standard InChI is InChI=1S/C19H14ClF3N2O2/c20-15-6-2-3-12(8-15)17-9-16(24-25-17)10-18(27-11-26)13-4-1-5-14(7-13)19(21,22)23/h1-9,11,18H,10H2,(H,24,25). The monoisotopic (exact) mass is 394 g/mol. The maximum atomic E-state index is 12.9. The highest BCUT2D eigenvalue weighted by Gasteiger charge is 2.31. The van der Waals surface area contributed by atoms with E-state index in [0.29, 0.717) is 16.4 Å². The second-order valence-electron chi connectivity index (χ2n) is 5.84. The predicted octanol–water partition coefficient (Wildman–Crippen LogP) is 5.21. The fraction of sp³-hybridized carbons (Fsp3) is 0.158. The zero-order valence-electron chi connectivity index (χ0n) is 13.8. The topological polar surface area (TPSA) is 55.0 Å². The van der Waals surface area contributed by atoms with Gasteiger partial charge in [0.1, 0.15) is 6.10 Å². The molecule has 3 rings (SSSR count). The molecule has 0 fully saturated rings. The fourth-order valence-corrected chi connectivity index (χ4v) is 2.88. The number of hydrogen-bond donors (Lipinski definition) is 1. The van der Waals surface area contributed by atoms with E-state index in [1.165, 1.54) is 12.1 Å². The van der Waals surface area contributed by atoms with Crippen molar-refractivity contribution in [3.63, 3.8) is 0 Å². The summed E-state index contributed by atoms with van der Waals surface area (Å²) in [7, 11) is 0. The van der Waals surface area contributed by atoms with E-state index in [4.69, 9.17) is 16.3 Å². The van der Waals surface area contributed by atoms with Crippen molar-refractivity contribution in [2.24, 2.45) is 0 Å². The lowest BCUT2D eigenvalue weighted by molar-refractivity contribution is -0.137. The first kappa shape index (κ1) is 19.0. The number of nitrogens with zero attached hydrogens (tertiary/aromatic N) is 1. The number of carbonyl (C=O) groups is 1. The molecule has 0 saturated carbocycles. The van der Waals surface area contributed by atoms with Gasteiger partial charge in [-0.05, 0) is 35.9 Å². The van der Waals surface area contributed by atoms with Gasteiger partial charge < -0.3 is 4.74 Å². The minimum absolute atomic E-state index is 0.146. The molecule has 140 valence electrons. The Bertz CT molecular complexity index is 940. The Labute approximate surface area is 157 Å². The number of H-pyrrole nitrogens is 1. The Hall–Kier alpha value is -2.80. The molecule has 27 heavy (non-hydrogen) atoms. The van der Waals surface area contributed by atoms with E-state index in [2.05, 4.69) is 10.2 Å². The van der Waals surface area contributed by atoms with Gasteiger partial charge in [-0.3, -0.25) is 9.89 Å². The van der Waals surface area contributed by atoms with Gasteiger partial charge in [0.05, 0.1) is 11.3 Å². The van der Waals surface area contributed by atoms with Gasteiger partial charge in [0.2, 0.25) is 0 Å². The second kappa shape index (κ2) is 7.84. The average molecular weight is 395 g/mol. The van der Waals surface area contributed by atoms with E-state index in [1.807, 2.05) is 6.07 Å². The highest BCUT2D eigenvalue weighted by molar-refractivity contribution is 6.30. The molecule has 2 aromatic carbocycles. The van der Waals surface area contributed by atoms with Crippen LogP contribution in [-0.2, 0) is 22.1 Å². The predicted molar refractivity (Wildman–Crippen MR) is 94.1 cm³/mol. The summed E-state index contributed by atoms with van der Waals surface area (Å²) in [6.07, 6.45) is -5.21. The molecule has 1 N–H and O–H groups in total. The summed E-state index contributed by atoms with van der Waals surface area (Å²) in [4.78, 5) is 10.8. The Morgan fingerprint density at radius 2 is 1.93 bits per heavy atom. The molecule has 0 bridgehead atoms. The Morgan fingerprint density at radius 1 is 1.15 bits per heavy atom. The highest BCUT2D eigenvalue weighted by Crippen LogP contribution is 2.32. The number of aromatic nitrogens is 2. The molecule has 4 nitrogen and oxygen atoms in total. The number of benzene rings is 2. The Morgan fingerprint density at radius 3 is 2.63 bits per heavy atom. The molecule has 0 aliphatic rings. The minimum Gasteiger partial charge on any atom is -0.459 e. The number of ether oxygens (including phenoxy) is 1. The maximum Gasteiger partial charge on any atom is 0.416 e. The van der Waals surface area contributed by atoms with Crippen LogP contribution in [0.25, 0.3) is 11.3 Å². The van der Waals surface area contributed by atoms with E-state index in [1.54, 1.807) is 24.3 Å². The molecule has 0 radical (unpaired) electrons. The van der Waals surface area contributed by atoms with E-state index >= 15 is 0 Å². The molecule has 1 aromatic heterocycles. The van der Waals surface area contributed by atoms with Crippen molar-refractivity contribution in [2.45, 2.75) is 18.7 Å². The average Bonchev–Trinajstić information content (AvgIpc) is 3.09. The largest absolute Gasteiger partial charge is 0.459 e. The van der Waals surface area contributed by atoms with Crippen molar-refractivity contribution < 1.29 is 22.7 Å². The lowest BCUT2D eigenvalue weighted by Gasteiger charge is -2.16. The van der Waals surface area contributed by atoms with Gasteiger partial charge in [-0.1, -0.05) is 35.9 Å². The van der Waals surface area contributed by atoms with Crippen LogP contribution in [0.2, 0.25) is 5.02 Å². The maximum absolute atomic E-state index is 12.9. The summed E-state index contributed by atoms with van der Waals surface area (Å²) < 4.78 is 43.8. The normalized spacial score (nSPS) is 12.6. The summed E-state index contributed by atoms with van der Waals surface area (Å²) in [6.45, 7) is 0.221. The van der Waals surface area contributed by atoms with Crippen LogP contribution >= 0.6 is 11.6 Å². The van der Waals surface area contributed by atoms with Crippen LogP contribution in [-0.4, -0.2) is 16.7 Å². The van der Waals surface area contributed by atoms with Crippen molar-refractivity contribution in [1.82, 2.24) is 10.2 Å². The molecule has 1 unspecified atom stereocenters. The van der Waals surface area contributed by atoms with Crippen molar-refractivity contribution in [1.29, 1.82) is 0 Å².